The molecule has 112 valence electrons. The molecule has 2 unspecified atom stereocenters. The van der Waals surface area contributed by atoms with Gasteiger partial charge < -0.3 is 10.5 Å². The van der Waals surface area contributed by atoms with Crippen molar-refractivity contribution in [3.63, 3.8) is 0 Å². The lowest BCUT2D eigenvalue weighted by Crippen LogP contribution is -2.48. The molecule has 1 fully saturated rings. The van der Waals surface area contributed by atoms with Gasteiger partial charge in [-0.3, -0.25) is 0 Å². The van der Waals surface area contributed by atoms with Crippen molar-refractivity contribution in [3.05, 3.63) is 28.8 Å². The molecule has 0 saturated carbocycles. The van der Waals surface area contributed by atoms with Crippen molar-refractivity contribution in [2.45, 2.75) is 37.5 Å². The third kappa shape index (κ3) is 3.15. The van der Waals surface area contributed by atoms with Gasteiger partial charge in [0, 0.05) is 24.7 Å². The van der Waals surface area contributed by atoms with Gasteiger partial charge in [-0.05, 0) is 37.6 Å². The van der Waals surface area contributed by atoms with E-state index in [0.717, 1.165) is 0 Å². The van der Waals surface area contributed by atoms with Crippen molar-refractivity contribution in [2.75, 3.05) is 13.1 Å². The summed E-state index contributed by atoms with van der Waals surface area (Å²) in [6.45, 7) is 4.65. The lowest BCUT2D eigenvalue weighted by atomic mass is 10.2. The van der Waals surface area contributed by atoms with Crippen LogP contribution in [0.5, 0.6) is 0 Å². The Bertz CT molecular complexity index is 581. The fraction of sp³-hybridized carbons (Fsp3) is 0.538. The van der Waals surface area contributed by atoms with Gasteiger partial charge in [0.1, 0.15) is 0 Å². The normalized spacial score (nSPS) is 24.8. The Kier molecular flexibility index (Phi) is 4.71. The highest BCUT2D eigenvalue weighted by Crippen LogP contribution is 2.25. The maximum absolute atomic E-state index is 12.6. The minimum Gasteiger partial charge on any atom is -0.373 e. The quantitative estimate of drug-likeness (QED) is 0.918. The molecule has 0 bridgehead atoms. The number of hydrogen-bond acceptors (Lipinski definition) is 4. The fourth-order valence-electron chi connectivity index (χ4n) is 2.34. The van der Waals surface area contributed by atoms with Crippen molar-refractivity contribution in [1.29, 1.82) is 0 Å². The van der Waals surface area contributed by atoms with Gasteiger partial charge in [0.15, 0.2) is 0 Å². The summed E-state index contributed by atoms with van der Waals surface area (Å²) in [5.41, 5.74) is 6.20. The number of ether oxygens (including phenoxy) is 1. The summed E-state index contributed by atoms with van der Waals surface area (Å²) in [4.78, 5) is 0.226. The number of halogens is 1. The highest BCUT2D eigenvalue weighted by Gasteiger charge is 2.32. The maximum atomic E-state index is 12.6. The smallest absolute Gasteiger partial charge is 0.243 e. The molecule has 5 nitrogen and oxygen atoms in total. The fourth-order valence-corrected chi connectivity index (χ4v) is 4.18. The van der Waals surface area contributed by atoms with Crippen LogP contribution in [-0.4, -0.2) is 38.0 Å². The van der Waals surface area contributed by atoms with Crippen molar-refractivity contribution < 1.29 is 13.2 Å². The van der Waals surface area contributed by atoms with Gasteiger partial charge in [-0.2, -0.15) is 4.31 Å². The van der Waals surface area contributed by atoms with E-state index < -0.39 is 10.0 Å². The molecular weight excluding hydrogens is 300 g/mol. The van der Waals surface area contributed by atoms with Gasteiger partial charge in [0.05, 0.1) is 17.1 Å². The number of morpholine rings is 1. The summed E-state index contributed by atoms with van der Waals surface area (Å²) >= 11 is 5.97. The van der Waals surface area contributed by atoms with Crippen LogP contribution in [0.2, 0.25) is 5.02 Å². The summed E-state index contributed by atoms with van der Waals surface area (Å²) in [5.74, 6) is 0. The van der Waals surface area contributed by atoms with Crippen molar-refractivity contribution in [2.24, 2.45) is 5.73 Å². The van der Waals surface area contributed by atoms with Crippen LogP contribution in [0.1, 0.15) is 19.4 Å². The third-order valence-electron chi connectivity index (χ3n) is 3.26. The Morgan fingerprint density at radius 2 is 1.95 bits per heavy atom. The van der Waals surface area contributed by atoms with Gasteiger partial charge in [-0.1, -0.05) is 11.6 Å². The first kappa shape index (κ1) is 15.7. The molecule has 1 aromatic rings. The first-order valence-electron chi connectivity index (χ1n) is 6.48. The number of rotatable bonds is 3. The number of benzene rings is 1. The van der Waals surface area contributed by atoms with Gasteiger partial charge in [-0.15, -0.1) is 0 Å². The first-order chi connectivity index (χ1) is 9.34. The molecule has 1 aliphatic rings. The summed E-state index contributed by atoms with van der Waals surface area (Å²) in [7, 11) is -3.54. The zero-order valence-corrected chi connectivity index (χ0v) is 13.1. The molecular formula is C13H19ClN2O3S. The van der Waals surface area contributed by atoms with Crippen LogP contribution < -0.4 is 5.73 Å². The molecule has 7 heteroatoms. The Morgan fingerprint density at radius 1 is 1.35 bits per heavy atom. The second-order valence-electron chi connectivity index (χ2n) is 5.04. The molecule has 0 amide bonds. The van der Waals surface area contributed by atoms with Gasteiger partial charge >= 0.3 is 0 Å². The molecule has 0 aromatic heterocycles. The van der Waals surface area contributed by atoms with Crippen molar-refractivity contribution in [1.82, 2.24) is 4.31 Å². The summed E-state index contributed by atoms with van der Waals surface area (Å²) in [6, 6.07) is 4.63. The van der Waals surface area contributed by atoms with E-state index in [4.69, 9.17) is 22.1 Å². The van der Waals surface area contributed by atoms with E-state index in [9.17, 15) is 8.42 Å². The van der Waals surface area contributed by atoms with Gasteiger partial charge in [0.25, 0.3) is 0 Å². The Hall–Kier alpha value is -0.660. The Labute approximate surface area is 124 Å². The minimum absolute atomic E-state index is 0.116. The second-order valence-corrected chi connectivity index (χ2v) is 7.38. The Morgan fingerprint density at radius 3 is 2.50 bits per heavy atom. The first-order valence-corrected chi connectivity index (χ1v) is 8.30. The number of hydrogen-bond donors (Lipinski definition) is 1. The van der Waals surface area contributed by atoms with Crippen LogP contribution in [0, 0.1) is 0 Å². The van der Waals surface area contributed by atoms with E-state index in [1.807, 2.05) is 13.8 Å². The maximum Gasteiger partial charge on any atom is 0.243 e. The standard InChI is InChI=1S/C13H19ClN2O3S/c1-9-7-16(8-10(2)19-9)20(17,18)12-3-4-13(14)11(5-12)6-15/h3-5,9-10H,6-8,15H2,1-2H3. The summed E-state index contributed by atoms with van der Waals surface area (Å²) in [5, 5.41) is 0.482. The zero-order chi connectivity index (χ0) is 14.9. The van der Waals surface area contributed by atoms with Crippen LogP contribution in [-0.2, 0) is 21.3 Å². The number of nitrogens with two attached hydrogens (primary N) is 1. The molecule has 2 rings (SSSR count). The van der Waals surface area contributed by atoms with Gasteiger partial charge in [0.2, 0.25) is 10.0 Å². The molecule has 20 heavy (non-hydrogen) atoms. The second kappa shape index (κ2) is 5.99. The zero-order valence-electron chi connectivity index (χ0n) is 11.5. The molecule has 0 spiro atoms. The van der Waals surface area contributed by atoms with E-state index in [-0.39, 0.29) is 23.6 Å². The van der Waals surface area contributed by atoms with Crippen LogP contribution in [0.4, 0.5) is 0 Å². The predicted octanol–water partition coefficient (Wildman–Crippen LogP) is 1.60. The number of nitrogens with zero attached hydrogens (tertiary/aromatic N) is 1. The van der Waals surface area contributed by atoms with Crippen LogP contribution in [0.3, 0.4) is 0 Å². The van der Waals surface area contributed by atoms with Gasteiger partial charge in [-0.25, -0.2) is 8.42 Å². The SMILES string of the molecule is CC1CN(S(=O)(=O)c2ccc(Cl)c(CN)c2)CC(C)O1. The summed E-state index contributed by atoms with van der Waals surface area (Å²) in [6.07, 6.45) is -0.232. The molecule has 1 aromatic carbocycles. The molecule has 2 atom stereocenters. The lowest BCUT2D eigenvalue weighted by Gasteiger charge is -2.34. The van der Waals surface area contributed by atoms with Crippen LogP contribution in [0.15, 0.2) is 23.1 Å². The van der Waals surface area contributed by atoms with Crippen LogP contribution in [0.25, 0.3) is 0 Å². The average molecular weight is 319 g/mol. The Balaban J connectivity index is 2.34. The molecule has 2 N–H and O–H groups in total. The molecule has 0 radical (unpaired) electrons. The average Bonchev–Trinajstić information content (AvgIpc) is 2.37. The predicted molar refractivity (Wildman–Crippen MR) is 78.1 cm³/mol. The molecule has 1 saturated heterocycles. The van der Waals surface area contributed by atoms with Crippen LogP contribution >= 0.6 is 11.6 Å². The van der Waals surface area contributed by atoms with Crippen molar-refractivity contribution in [3.8, 4) is 0 Å². The van der Waals surface area contributed by atoms with E-state index in [0.29, 0.717) is 23.7 Å². The van der Waals surface area contributed by atoms with E-state index in [1.165, 1.54) is 10.4 Å². The highest BCUT2D eigenvalue weighted by molar-refractivity contribution is 7.89. The highest BCUT2D eigenvalue weighted by atomic mass is 35.5. The summed E-state index contributed by atoms with van der Waals surface area (Å²) < 4.78 is 32.3. The van der Waals surface area contributed by atoms with E-state index in [1.54, 1.807) is 12.1 Å². The topological polar surface area (TPSA) is 72.6 Å². The molecule has 1 aliphatic heterocycles. The monoisotopic (exact) mass is 318 g/mol. The third-order valence-corrected chi connectivity index (χ3v) is 5.46. The minimum atomic E-state index is -3.54. The molecule has 1 heterocycles. The van der Waals surface area contributed by atoms with E-state index >= 15 is 0 Å². The lowest BCUT2D eigenvalue weighted by molar-refractivity contribution is -0.0440. The molecule has 0 aliphatic carbocycles. The number of sulfonamides is 1. The van der Waals surface area contributed by atoms with E-state index in [2.05, 4.69) is 0 Å². The van der Waals surface area contributed by atoms with Crippen molar-refractivity contribution >= 4 is 21.6 Å². The largest absolute Gasteiger partial charge is 0.373 e.